The Morgan fingerprint density at radius 3 is 2.85 bits per heavy atom. The first-order valence-electron chi connectivity index (χ1n) is 7.47. The highest BCUT2D eigenvalue weighted by atomic mass is 16.7. The van der Waals surface area contributed by atoms with E-state index in [0.29, 0.717) is 19.4 Å². The zero-order valence-corrected chi connectivity index (χ0v) is 12.2. The van der Waals surface area contributed by atoms with E-state index in [1.807, 2.05) is 13.8 Å². The van der Waals surface area contributed by atoms with E-state index in [-0.39, 0.29) is 18.0 Å². The summed E-state index contributed by atoms with van der Waals surface area (Å²) < 4.78 is 17.0. The lowest BCUT2D eigenvalue weighted by molar-refractivity contribution is -0.154. The Balaban J connectivity index is 1.52. The molecule has 3 aliphatic rings. The van der Waals surface area contributed by atoms with Crippen LogP contribution in [-0.2, 0) is 19.0 Å². The Labute approximate surface area is 120 Å². The van der Waals surface area contributed by atoms with Crippen LogP contribution in [0.15, 0.2) is 0 Å². The van der Waals surface area contributed by atoms with Gasteiger partial charge in [0.15, 0.2) is 12.1 Å². The number of hydrogen-bond donors (Lipinski definition) is 0. The van der Waals surface area contributed by atoms with Gasteiger partial charge < -0.3 is 14.2 Å². The summed E-state index contributed by atoms with van der Waals surface area (Å²) in [4.78, 5) is 11.8. The molecule has 0 aromatic rings. The largest absolute Gasteiger partial charge is 0.360 e. The fourth-order valence-corrected chi connectivity index (χ4v) is 3.41. The summed E-state index contributed by atoms with van der Waals surface area (Å²) in [6.45, 7) is 5.05. The molecule has 0 aromatic carbocycles. The molecule has 1 unspecified atom stereocenters. The van der Waals surface area contributed by atoms with Crippen LogP contribution in [-0.4, -0.2) is 36.5 Å². The molecular weight excluding hydrogens is 256 g/mol. The summed E-state index contributed by atoms with van der Waals surface area (Å²) >= 11 is 0. The van der Waals surface area contributed by atoms with Crippen LogP contribution < -0.4 is 0 Å². The lowest BCUT2D eigenvalue weighted by atomic mass is 9.75. The average molecular weight is 278 g/mol. The number of ketones is 1. The van der Waals surface area contributed by atoms with Gasteiger partial charge in [0.1, 0.15) is 12.2 Å². The number of rotatable bonds is 2. The third-order valence-corrected chi connectivity index (χ3v) is 4.65. The second kappa shape index (κ2) is 5.14. The van der Waals surface area contributed by atoms with Crippen molar-refractivity contribution in [1.29, 1.82) is 0 Å². The van der Waals surface area contributed by atoms with Crippen LogP contribution >= 0.6 is 0 Å². The Morgan fingerprint density at radius 1 is 1.40 bits per heavy atom. The van der Waals surface area contributed by atoms with E-state index in [0.717, 1.165) is 25.9 Å². The predicted octanol–water partition coefficient (Wildman–Crippen LogP) is 2.06. The zero-order valence-electron chi connectivity index (χ0n) is 12.2. The molecule has 0 N–H and O–H groups in total. The molecule has 0 radical (unpaired) electrons. The minimum absolute atomic E-state index is 0.0935. The molecule has 4 atom stereocenters. The first-order chi connectivity index (χ1) is 9.52. The van der Waals surface area contributed by atoms with Gasteiger partial charge in [-0.1, -0.05) is 11.8 Å². The minimum Gasteiger partial charge on any atom is -0.360 e. The smallest absolute Gasteiger partial charge is 0.167 e. The van der Waals surface area contributed by atoms with Crippen molar-refractivity contribution >= 4 is 5.78 Å². The third-order valence-electron chi connectivity index (χ3n) is 4.65. The highest BCUT2D eigenvalue weighted by Gasteiger charge is 2.61. The van der Waals surface area contributed by atoms with Crippen LogP contribution in [0.5, 0.6) is 0 Å². The number of hydrogen-bond acceptors (Lipinski definition) is 4. The molecule has 4 heteroatoms. The van der Waals surface area contributed by atoms with Crippen LogP contribution in [0.25, 0.3) is 0 Å². The third kappa shape index (κ3) is 2.50. The number of ether oxygens (including phenoxy) is 3. The normalized spacial score (nSPS) is 43.4. The number of Topliss-reactive ketones (excluding diaryl/α,β-unsaturated/α-hetero) is 1. The van der Waals surface area contributed by atoms with Crippen molar-refractivity contribution < 1.29 is 19.0 Å². The predicted molar refractivity (Wildman–Crippen MR) is 72.9 cm³/mol. The molecule has 4 nitrogen and oxygen atoms in total. The second-order valence-electron chi connectivity index (χ2n) is 6.43. The first kappa shape index (κ1) is 14.1. The van der Waals surface area contributed by atoms with Gasteiger partial charge in [0.25, 0.3) is 0 Å². The molecule has 110 valence electrons. The van der Waals surface area contributed by atoms with Gasteiger partial charge in [-0.3, -0.25) is 4.79 Å². The lowest BCUT2D eigenvalue weighted by Crippen LogP contribution is -2.35. The molecule has 3 aliphatic heterocycles. The van der Waals surface area contributed by atoms with Crippen LogP contribution in [0.4, 0.5) is 0 Å². The van der Waals surface area contributed by atoms with Gasteiger partial charge >= 0.3 is 0 Å². The van der Waals surface area contributed by atoms with Gasteiger partial charge in [-0.15, -0.1) is 0 Å². The van der Waals surface area contributed by atoms with Crippen molar-refractivity contribution in [2.75, 3.05) is 13.2 Å². The Hall–Kier alpha value is -0.890. The maximum absolute atomic E-state index is 11.8. The Kier molecular flexibility index (Phi) is 3.62. The molecule has 3 saturated heterocycles. The summed E-state index contributed by atoms with van der Waals surface area (Å²) in [5.74, 6) is 6.64. The monoisotopic (exact) mass is 278 g/mol. The lowest BCUT2D eigenvalue weighted by Gasteiger charge is -2.24. The van der Waals surface area contributed by atoms with Crippen molar-refractivity contribution in [2.24, 2.45) is 5.92 Å². The van der Waals surface area contributed by atoms with Crippen LogP contribution in [0.3, 0.4) is 0 Å². The molecule has 0 spiro atoms. The van der Waals surface area contributed by atoms with Crippen molar-refractivity contribution in [2.45, 2.75) is 63.4 Å². The van der Waals surface area contributed by atoms with Crippen LogP contribution in [0.2, 0.25) is 0 Å². The average Bonchev–Trinajstić information content (AvgIpc) is 2.80. The van der Waals surface area contributed by atoms with Crippen molar-refractivity contribution in [3.63, 3.8) is 0 Å². The van der Waals surface area contributed by atoms with Gasteiger partial charge in [0.05, 0.1) is 11.5 Å². The molecule has 0 aromatic heterocycles. The van der Waals surface area contributed by atoms with Gasteiger partial charge in [0, 0.05) is 13.0 Å². The molecule has 0 saturated carbocycles. The van der Waals surface area contributed by atoms with E-state index < -0.39 is 11.2 Å². The van der Waals surface area contributed by atoms with E-state index in [2.05, 4.69) is 11.8 Å². The van der Waals surface area contributed by atoms with Gasteiger partial charge in [-0.25, -0.2) is 0 Å². The first-order valence-corrected chi connectivity index (χ1v) is 7.47. The molecule has 3 fully saturated rings. The fraction of sp³-hybridized carbons (Fsp3) is 0.812. The zero-order chi connectivity index (χ0) is 14.2. The van der Waals surface area contributed by atoms with Crippen LogP contribution in [0.1, 0.15) is 46.0 Å². The van der Waals surface area contributed by atoms with Gasteiger partial charge in [-0.05, 0) is 39.5 Å². The number of carbonyl (C=O) groups is 1. The minimum atomic E-state index is -0.610. The summed E-state index contributed by atoms with van der Waals surface area (Å²) in [6.07, 6.45) is 4.33. The molecule has 0 amide bonds. The van der Waals surface area contributed by atoms with E-state index in [1.54, 1.807) is 0 Å². The van der Waals surface area contributed by atoms with Crippen molar-refractivity contribution in [3.05, 3.63) is 0 Å². The molecule has 3 heterocycles. The van der Waals surface area contributed by atoms with E-state index in [9.17, 15) is 4.79 Å². The second-order valence-corrected chi connectivity index (χ2v) is 6.43. The summed E-state index contributed by atoms with van der Waals surface area (Å²) in [7, 11) is 0. The topological polar surface area (TPSA) is 44.8 Å². The van der Waals surface area contributed by atoms with E-state index in [4.69, 9.17) is 14.2 Å². The molecular formula is C16H22O4. The maximum Gasteiger partial charge on any atom is 0.167 e. The van der Waals surface area contributed by atoms with Crippen molar-refractivity contribution in [1.82, 2.24) is 0 Å². The number of carbonyl (C=O) groups excluding carboxylic acids is 1. The SMILES string of the molecule is C[C@]12C[C@@H](C#CCOC3CCCCO3)[C@](C)(CC1=O)O2. The highest BCUT2D eigenvalue weighted by molar-refractivity contribution is 5.91. The Morgan fingerprint density at radius 2 is 2.25 bits per heavy atom. The Bertz CT molecular complexity index is 457. The molecule has 20 heavy (non-hydrogen) atoms. The summed E-state index contributed by atoms with van der Waals surface area (Å²) in [6, 6.07) is 0. The summed E-state index contributed by atoms with van der Waals surface area (Å²) in [5.41, 5.74) is -1.01. The standard InChI is InChI=1S/C16H22O4/c1-15-11-13(17)16(2,20-15)10-12(15)6-5-9-19-14-7-3-4-8-18-14/h12,14H,3-4,7-11H2,1-2H3/t12-,14?,15+,16+/m1/s1. The fourth-order valence-electron chi connectivity index (χ4n) is 3.41. The quantitative estimate of drug-likeness (QED) is 0.725. The van der Waals surface area contributed by atoms with Crippen LogP contribution in [0, 0.1) is 17.8 Å². The van der Waals surface area contributed by atoms with E-state index >= 15 is 0 Å². The maximum atomic E-state index is 11.8. The summed E-state index contributed by atoms with van der Waals surface area (Å²) in [5, 5.41) is 0. The van der Waals surface area contributed by atoms with Gasteiger partial charge in [0.2, 0.25) is 0 Å². The molecule has 0 aliphatic carbocycles. The van der Waals surface area contributed by atoms with Crippen molar-refractivity contribution in [3.8, 4) is 11.8 Å². The molecule has 2 bridgehead atoms. The van der Waals surface area contributed by atoms with E-state index in [1.165, 1.54) is 0 Å². The number of fused-ring (bicyclic) bond motifs is 2. The van der Waals surface area contributed by atoms with Gasteiger partial charge in [-0.2, -0.15) is 0 Å². The highest BCUT2D eigenvalue weighted by Crippen LogP contribution is 2.51. The molecule has 3 rings (SSSR count).